The maximum atomic E-state index is 13.3. The summed E-state index contributed by atoms with van der Waals surface area (Å²) < 4.78 is 11.2. The maximum Gasteiger partial charge on any atom is 0.232 e. The number of amides is 1. The number of aromatic nitrogens is 1. The highest BCUT2D eigenvalue weighted by molar-refractivity contribution is 5.79. The summed E-state index contributed by atoms with van der Waals surface area (Å²) in [5.41, 5.74) is 3.72. The first-order valence-corrected chi connectivity index (χ1v) is 11.4. The number of hydrogen-bond donors (Lipinski definition) is 0. The van der Waals surface area contributed by atoms with Crippen LogP contribution in [0.25, 0.3) is 11.3 Å². The Morgan fingerprint density at radius 2 is 1.70 bits per heavy atom. The molecule has 174 valence electrons. The number of carbonyl (C=O) groups excluding carboxylic acids is 1. The lowest BCUT2D eigenvalue weighted by molar-refractivity contribution is -0.131. The van der Waals surface area contributed by atoms with Gasteiger partial charge >= 0.3 is 0 Å². The number of piperazine rings is 1. The van der Waals surface area contributed by atoms with Crippen molar-refractivity contribution in [3.63, 3.8) is 0 Å². The predicted molar refractivity (Wildman–Crippen MR) is 129 cm³/mol. The molecular formula is C26H32N4O3. The molecule has 0 radical (unpaired) electrons. The van der Waals surface area contributed by atoms with Gasteiger partial charge in [0, 0.05) is 45.4 Å². The number of benzene rings is 2. The van der Waals surface area contributed by atoms with Crippen LogP contribution in [-0.4, -0.2) is 74.4 Å². The third kappa shape index (κ3) is 5.80. The number of hydrogen-bond acceptors (Lipinski definition) is 6. The van der Waals surface area contributed by atoms with Crippen molar-refractivity contribution in [1.82, 2.24) is 15.0 Å². The minimum atomic E-state index is 0.0581. The summed E-state index contributed by atoms with van der Waals surface area (Å²) in [6, 6.07) is 19.9. The fraction of sp³-hybridized carbons (Fsp3) is 0.385. The molecule has 3 aromatic rings. The second kappa shape index (κ2) is 11.1. The van der Waals surface area contributed by atoms with E-state index in [-0.39, 0.29) is 5.91 Å². The largest absolute Gasteiger partial charge is 0.383 e. The normalized spacial score (nSPS) is 14.4. The fourth-order valence-corrected chi connectivity index (χ4v) is 4.09. The van der Waals surface area contributed by atoms with Crippen LogP contribution in [0, 0.1) is 0 Å². The summed E-state index contributed by atoms with van der Waals surface area (Å²) in [5, 5.41) is 4.46. The standard InChI is InChI=1S/C26H32N4O3/c1-28-13-15-29(16-14-28)26-23(25(27-33-26)22-11-7-4-8-12-22)20-30(17-18-32-2)24(31)19-21-9-5-3-6-10-21/h3-12H,13-20H2,1-2H3. The number of likely N-dealkylation sites (N-methyl/N-ethyl adjacent to an activating group) is 1. The first-order valence-electron chi connectivity index (χ1n) is 11.4. The van der Waals surface area contributed by atoms with Gasteiger partial charge in [-0.05, 0) is 12.6 Å². The lowest BCUT2D eigenvalue weighted by atomic mass is 10.1. The van der Waals surface area contributed by atoms with E-state index < -0.39 is 0 Å². The number of ether oxygens (including phenoxy) is 1. The van der Waals surface area contributed by atoms with Gasteiger partial charge in [-0.15, -0.1) is 0 Å². The Bertz CT molecular complexity index is 1010. The Labute approximate surface area is 195 Å². The molecule has 2 heterocycles. The molecular weight excluding hydrogens is 416 g/mol. The minimum absolute atomic E-state index is 0.0581. The molecule has 1 aliphatic heterocycles. The first-order chi connectivity index (χ1) is 16.2. The van der Waals surface area contributed by atoms with E-state index in [9.17, 15) is 4.79 Å². The number of carbonyl (C=O) groups is 1. The molecule has 0 N–H and O–H groups in total. The van der Waals surface area contributed by atoms with Crippen LogP contribution in [0.1, 0.15) is 11.1 Å². The lowest BCUT2D eigenvalue weighted by Crippen LogP contribution is -2.45. The number of nitrogens with zero attached hydrogens (tertiary/aromatic N) is 4. The van der Waals surface area contributed by atoms with E-state index in [1.165, 1.54) is 0 Å². The van der Waals surface area contributed by atoms with Gasteiger partial charge in [-0.2, -0.15) is 0 Å². The summed E-state index contributed by atoms with van der Waals surface area (Å²) in [5.74, 6) is 0.819. The van der Waals surface area contributed by atoms with Gasteiger partial charge in [-0.1, -0.05) is 65.8 Å². The molecule has 1 amide bonds. The molecule has 7 nitrogen and oxygen atoms in total. The molecule has 0 bridgehead atoms. The molecule has 2 aromatic carbocycles. The van der Waals surface area contributed by atoms with Gasteiger partial charge in [0.05, 0.1) is 25.1 Å². The predicted octanol–water partition coefficient (Wildman–Crippen LogP) is 3.31. The highest BCUT2D eigenvalue weighted by Crippen LogP contribution is 2.33. The van der Waals surface area contributed by atoms with Crippen LogP contribution in [0.15, 0.2) is 65.2 Å². The molecule has 1 saturated heterocycles. The molecule has 1 fully saturated rings. The third-order valence-electron chi connectivity index (χ3n) is 6.07. The second-order valence-electron chi connectivity index (χ2n) is 8.44. The maximum absolute atomic E-state index is 13.3. The molecule has 0 unspecified atom stereocenters. The highest BCUT2D eigenvalue weighted by Gasteiger charge is 2.27. The zero-order valence-electron chi connectivity index (χ0n) is 19.4. The summed E-state index contributed by atoms with van der Waals surface area (Å²) in [6.45, 7) is 5.04. The molecule has 4 rings (SSSR count). The van der Waals surface area contributed by atoms with Crippen molar-refractivity contribution in [3.8, 4) is 11.3 Å². The number of methoxy groups -OCH3 is 1. The van der Waals surface area contributed by atoms with Gasteiger partial charge in [0.15, 0.2) is 0 Å². The van der Waals surface area contributed by atoms with Crippen molar-refractivity contribution in [2.45, 2.75) is 13.0 Å². The molecule has 7 heteroatoms. The highest BCUT2D eigenvalue weighted by atomic mass is 16.5. The Morgan fingerprint density at radius 1 is 1.03 bits per heavy atom. The van der Waals surface area contributed by atoms with Gasteiger partial charge in [0.1, 0.15) is 5.69 Å². The Morgan fingerprint density at radius 3 is 2.36 bits per heavy atom. The van der Waals surface area contributed by atoms with E-state index in [4.69, 9.17) is 9.26 Å². The van der Waals surface area contributed by atoms with Crippen molar-refractivity contribution in [2.24, 2.45) is 0 Å². The summed E-state index contributed by atoms with van der Waals surface area (Å²) in [6.07, 6.45) is 0.348. The van der Waals surface area contributed by atoms with E-state index in [1.807, 2.05) is 65.6 Å². The van der Waals surface area contributed by atoms with Crippen LogP contribution in [-0.2, 0) is 22.5 Å². The quantitative estimate of drug-likeness (QED) is 0.501. The van der Waals surface area contributed by atoms with Crippen LogP contribution in [0.4, 0.5) is 5.88 Å². The van der Waals surface area contributed by atoms with Gasteiger partial charge in [0.2, 0.25) is 11.8 Å². The zero-order valence-corrected chi connectivity index (χ0v) is 19.4. The van der Waals surface area contributed by atoms with E-state index in [0.717, 1.165) is 54.4 Å². The Hall–Kier alpha value is -3.16. The topological polar surface area (TPSA) is 62.1 Å². The zero-order chi connectivity index (χ0) is 23.0. The summed E-state index contributed by atoms with van der Waals surface area (Å²) in [7, 11) is 3.78. The monoisotopic (exact) mass is 448 g/mol. The van der Waals surface area contributed by atoms with Crippen molar-refractivity contribution < 1.29 is 14.1 Å². The van der Waals surface area contributed by atoms with Crippen molar-refractivity contribution in [2.75, 3.05) is 58.4 Å². The second-order valence-corrected chi connectivity index (χ2v) is 8.44. The van der Waals surface area contributed by atoms with Crippen LogP contribution < -0.4 is 4.90 Å². The van der Waals surface area contributed by atoms with Crippen LogP contribution in [0.5, 0.6) is 0 Å². The molecule has 0 aliphatic carbocycles. The van der Waals surface area contributed by atoms with Gasteiger partial charge in [0.25, 0.3) is 0 Å². The average Bonchev–Trinajstić information content (AvgIpc) is 3.26. The SMILES string of the molecule is COCCN(Cc1c(-c2ccccc2)noc1N1CCN(C)CC1)C(=O)Cc1ccccc1. The molecule has 0 spiro atoms. The molecule has 0 saturated carbocycles. The smallest absolute Gasteiger partial charge is 0.232 e. The van der Waals surface area contributed by atoms with Crippen molar-refractivity contribution in [1.29, 1.82) is 0 Å². The van der Waals surface area contributed by atoms with Gasteiger partial charge in [-0.3, -0.25) is 4.79 Å². The average molecular weight is 449 g/mol. The van der Waals surface area contributed by atoms with Gasteiger partial charge in [-0.25, -0.2) is 0 Å². The van der Waals surface area contributed by atoms with Crippen LogP contribution >= 0.6 is 0 Å². The molecule has 1 aromatic heterocycles. The van der Waals surface area contributed by atoms with Gasteiger partial charge < -0.3 is 24.0 Å². The molecule has 0 atom stereocenters. The van der Waals surface area contributed by atoms with E-state index in [1.54, 1.807) is 7.11 Å². The van der Waals surface area contributed by atoms with Crippen LogP contribution in [0.2, 0.25) is 0 Å². The third-order valence-corrected chi connectivity index (χ3v) is 6.07. The summed E-state index contributed by atoms with van der Waals surface area (Å²) in [4.78, 5) is 19.7. The lowest BCUT2D eigenvalue weighted by Gasteiger charge is -2.33. The van der Waals surface area contributed by atoms with Crippen LogP contribution in [0.3, 0.4) is 0 Å². The number of rotatable bonds is 9. The van der Waals surface area contributed by atoms with E-state index in [2.05, 4.69) is 22.0 Å². The molecule has 33 heavy (non-hydrogen) atoms. The fourth-order valence-electron chi connectivity index (χ4n) is 4.09. The molecule has 1 aliphatic rings. The van der Waals surface area contributed by atoms with E-state index in [0.29, 0.717) is 26.1 Å². The van der Waals surface area contributed by atoms with Crippen molar-refractivity contribution >= 4 is 11.8 Å². The summed E-state index contributed by atoms with van der Waals surface area (Å²) >= 11 is 0. The number of anilines is 1. The van der Waals surface area contributed by atoms with E-state index >= 15 is 0 Å². The van der Waals surface area contributed by atoms with Crippen molar-refractivity contribution in [3.05, 3.63) is 71.8 Å². The Kier molecular flexibility index (Phi) is 7.75. The first kappa shape index (κ1) is 23.0. The Balaban J connectivity index is 1.64. The minimum Gasteiger partial charge on any atom is -0.383 e.